The van der Waals surface area contributed by atoms with Gasteiger partial charge >= 0.3 is 5.97 Å². The number of halogens is 1. The summed E-state index contributed by atoms with van der Waals surface area (Å²) >= 11 is 6.07. The Morgan fingerprint density at radius 1 is 1.16 bits per heavy atom. The monoisotopic (exact) mass is 361 g/mol. The van der Waals surface area contributed by atoms with Gasteiger partial charge in [0.15, 0.2) is 0 Å². The Labute approximate surface area is 151 Å². The zero-order chi connectivity index (χ0) is 18.2. The number of hydrogen-bond donors (Lipinski definition) is 1. The summed E-state index contributed by atoms with van der Waals surface area (Å²) in [6.07, 6.45) is -0.123. The van der Waals surface area contributed by atoms with Crippen molar-refractivity contribution in [3.8, 4) is 5.75 Å². The van der Waals surface area contributed by atoms with Gasteiger partial charge < -0.3 is 14.8 Å². The van der Waals surface area contributed by atoms with Crippen molar-refractivity contribution >= 4 is 29.2 Å². The van der Waals surface area contributed by atoms with Crippen molar-refractivity contribution in [2.75, 3.05) is 12.4 Å². The van der Waals surface area contributed by atoms with E-state index in [1.165, 1.54) is 7.11 Å². The fourth-order valence-electron chi connectivity index (χ4n) is 2.25. The summed E-state index contributed by atoms with van der Waals surface area (Å²) in [6, 6.07) is 13.8. The number of anilines is 1. The summed E-state index contributed by atoms with van der Waals surface area (Å²) in [6.45, 7) is 1.87. The average molecular weight is 362 g/mol. The molecule has 0 aromatic heterocycles. The molecule has 0 aliphatic rings. The van der Waals surface area contributed by atoms with E-state index in [4.69, 9.17) is 21.1 Å². The predicted octanol–water partition coefficient (Wildman–Crippen LogP) is 4.37. The molecule has 0 radical (unpaired) electrons. The fourth-order valence-corrected chi connectivity index (χ4v) is 2.50. The van der Waals surface area contributed by atoms with Crippen molar-refractivity contribution in [3.63, 3.8) is 0 Å². The molecule has 2 rings (SSSR count). The molecule has 0 unspecified atom stereocenters. The summed E-state index contributed by atoms with van der Waals surface area (Å²) in [5, 5.41) is 3.10. The molecule has 0 heterocycles. The molecule has 0 spiro atoms. The molecular weight excluding hydrogens is 342 g/mol. The van der Waals surface area contributed by atoms with Crippen LogP contribution >= 0.6 is 11.6 Å². The predicted molar refractivity (Wildman–Crippen MR) is 96.8 cm³/mol. The van der Waals surface area contributed by atoms with Crippen LogP contribution in [0.3, 0.4) is 0 Å². The van der Waals surface area contributed by atoms with Crippen molar-refractivity contribution < 1.29 is 19.1 Å². The number of nitrogens with one attached hydrogen (secondary N) is 1. The van der Waals surface area contributed by atoms with Crippen LogP contribution in [0.15, 0.2) is 48.5 Å². The van der Waals surface area contributed by atoms with Gasteiger partial charge in [0.05, 0.1) is 12.1 Å². The zero-order valence-corrected chi connectivity index (χ0v) is 14.9. The molecule has 6 heteroatoms. The third kappa shape index (κ3) is 5.22. The standard InChI is InChI=1S/C19H20ClNO4/c1-3-7-17(22)25-18(13-8-5-4-6-9-13)19(23)21-14-10-11-16(24-2)15(20)12-14/h4-6,8-12,18H,3,7H2,1-2H3,(H,21,23)/t18-/m0/s1. The van der Waals surface area contributed by atoms with Crippen LogP contribution in [-0.4, -0.2) is 19.0 Å². The summed E-state index contributed by atoms with van der Waals surface area (Å²) in [5.41, 5.74) is 1.09. The van der Waals surface area contributed by atoms with Crippen molar-refractivity contribution in [2.24, 2.45) is 0 Å². The van der Waals surface area contributed by atoms with Crippen LogP contribution in [0.2, 0.25) is 5.02 Å². The lowest BCUT2D eigenvalue weighted by molar-refractivity contribution is -0.154. The quantitative estimate of drug-likeness (QED) is 0.743. The van der Waals surface area contributed by atoms with Crippen molar-refractivity contribution in [3.05, 3.63) is 59.1 Å². The van der Waals surface area contributed by atoms with Gasteiger partial charge in [-0.15, -0.1) is 0 Å². The maximum atomic E-state index is 12.7. The summed E-state index contributed by atoms with van der Waals surface area (Å²) in [4.78, 5) is 24.5. The first-order valence-electron chi connectivity index (χ1n) is 7.94. The largest absolute Gasteiger partial charge is 0.495 e. The molecule has 1 atom stereocenters. The molecule has 0 bridgehead atoms. The van der Waals surface area contributed by atoms with E-state index in [0.29, 0.717) is 28.4 Å². The normalized spacial score (nSPS) is 11.5. The third-order valence-electron chi connectivity index (χ3n) is 3.46. The lowest BCUT2D eigenvalue weighted by Crippen LogP contribution is -2.25. The van der Waals surface area contributed by atoms with Gasteiger partial charge in [-0.1, -0.05) is 48.9 Å². The molecule has 0 fully saturated rings. The number of rotatable bonds is 7. The van der Waals surface area contributed by atoms with E-state index in [1.807, 2.05) is 13.0 Å². The molecule has 1 N–H and O–H groups in total. The SMILES string of the molecule is CCCC(=O)O[C@H](C(=O)Nc1ccc(OC)c(Cl)c1)c1ccccc1. The zero-order valence-electron chi connectivity index (χ0n) is 14.1. The molecule has 25 heavy (non-hydrogen) atoms. The third-order valence-corrected chi connectivity index (χ3v) is 3.76. The van der Waals surface area contributed by atoms with Crippen LogP contribution < -0.4 is 10.1 Å². The molecule has 1 amide bonds. The Morgan fingerprint density at radius 3 is 2.48 bits per heavy atom. The molecule has 0 aliphatic heterocycles. The van der Waals surface area contributed by atoms with Gasteiger partial charge in [0.25, 0.3) is 5.91 Å². The Kier molecular flexibility index (Phi) is 6.83. The van der Waals surface area contributed by atoms with Gasteiger partial charge in [-0.25, -0.2) is 0 Å². The number of methoxy groups -OCH3 is 1. The molecule has 2 aromatic carbocycles. The summed E-state index contributed by atoms with van der Waals surface area (Å²) in [7, 11) is 1.51. The van der Waals surface area contributed by atoms with Crippen LogP contribution in [0.1, 0.15) is 31.4 Å². The lowest BCUT2D eigenvalue weighted by Gasteiger charge is -2.18. The van der Waals surface area contributed by atoms with E-state index in [9.17, 15) is 9.59 Å². The van der Waals surface area contributed by atoms with E-state index >= 15 is 0 Å². The Balaban J connectivity index is 2.20. The number of esters is 1. The average Bonchev–Trinajstić information content (AvgIpc) is 2.61. The molecule has 0 aliphatic carbocycles. The first-order chi connectivity index (χ1) is 12.0. The second kappa shape index (κ2) is 9.08. The summed E-state index contributed by atoms with van der Waals surface area (Å²) in [5.74, 6) is -0.357. The van der Waals surface area contributed by atoms with E-state index in [2.05, 4.69) is 5.32 Å². The molecule has 5 nitrogen and oxygen atoms in total. The van der Waals surface area contributed by atoms with Crippen LogP contribution in [0.4, 0.5) is 5.69 Å². The highest BCUT2D eigenvalue weighted by molar-refractivity contribution is 6.32. The van der Waals surface area contributed by atoms with Gasteiger partial charge in [0.2, 0.25) is 6.10 Å². The number of carbonyl (C=O) groups excluding carboxylic acids is 2. The second-order valence-electron chi connectivity index (χ2n) is 5.37. The molecule has 132 valence electrons. The highest BCUT2D eigenvalue weighted by Gasteiger charge is 2.25. The first-order valence-corrected chi connectivity index (χ1v) is 8.31. The second-order valence-corrected chi connectivity index (χ2v) is 5.78. The van der Waals surface area contributed by atoms with Gasteiger partial charge in [-0.3, -0.25) is 9.59 Å². The van der Waals surface area contributed by atoms with Gasteiger partial charge in [0.1, 0.15) is 5.75 Å². The Bertz CT molecular complexity index is 733. The van der Waals surface area contributed by atoms with Crippen LogP contribution in [0, 0.1) is 0 Å². The molecule has 0 saturated heterocycles. The van der Waals surface area contributed by atoms with E-state index < -0.39 is 18.0 Å². The van der Waals surface area contributed by atoms with E-state index in [-0.39, 0.29) is 6.42 Å². The number of carbonyl (C=O) groups is 2. The van der Waals surface area contributed by atoms with Crippen LogP contribution in [0.25, 0.3) is 0 Å². The van der Waals surface area contributed by atoms with Gasteiger partial charge in [-0.2, -0.15) is 0 Å². The first kappa shape index (κ1) is 18.8. The smallest absolute Gasteiger partial charge is 0.306 e. The van der Waals surface area contributed by atoms with E-state index in [0.717, 1.165) is 0 Å². The number of hydrogen-bond acceptors (Lipinski definition) is 4. The lowest BCUT2D eigenvalue weighted by atomic mass is 10.1. The van der Waals surface area contributed by atoms with Crippen molar-refractivity contribution in [1.29, 1.82) is 0 Å². The fraction of sp³-hybridized carbons (Fsp3) is 0.263. The number of amides is 1. The maximum absolute atomic E-state index is 12.7. The van der Waals surface area contributed by atoms with Crippen LogP contribution in [-0.2, 0) is 14.3 Å². The Morgan fingerprint density at radius 2 is 1.88 bits per heavy atom. The van der Waals surface area contributed by atoms with Crippen LogP contribution in [0.5, 0.6) is 5.75 Å². The van der Waals surface area contributed by atoms with Crippen molar-refractivity contribution in [2.45, 2.75) is 25.9 Å². The Hall–Kier alpha value is -2.53. The topological polar surface area (TPSA) is 64.6 Å². The minimum atomic E-state index is -1.03. The highest BCUT2D eigenvalue weighted by Crippen LogP contribution is 2.28. The minimum Gasteiger partial charge on any atom is -0.495 e. The summed E-state index contributed by atoms with van der Waals surface area (Å²) < 4.78 is 10.5. The molecule has 0 saturated carbocycles. The minimum absolute atomic E-state index is 0.255. The van der Waals surface area contributed by atoms with Gasteiger partial charge in [0, 0.05) is 17.7 Å². The highest BCUT2D eigenvalue weighted by atomic mass is 35.5. The molecule has 2 aromatic rings. The maximum Gasteiger partial charge on any atom is 0.306 e. The van der Waals surface area contributed by atoms with E-state index in [1.54, 1.807) is 42.5 Å². The van der Waals surface area contributed by atoms with Crippen molar-refractivity contribution in [1.82, 2.24) is 0 Å². The number of benzene rings is 2. The molecular formula is C19H20ClNO4. The van der Waals surface area contributed by atoms with Gasteiger partial charge in [-0.05, 0) is 24.6 Å². The number of ether oxygens (including phenoxy) is 2.